The van der Waals surface area contributed by atoms with Crippen molar-refractivity contribution in [3.05, 3.63) is 83.2 Å². The highest BCUT2D eigenvalue weighted by Gasteiger charge is 2.48. The summed E-state index contributed by atoms with van der Waals surface area (Å²) >= 11 is 0. The Balaban J connectivity index is 0.844. The number of pyridine rings is 1. The number of ether oxygens (including phenoxy) is 1. The zero-order chi connectivity index (χ0) is 38.6. The van der Waals surface area contributed by atoms with E-state index in [-0.39, 0.29) is 23.1 Å². The number of hydrogen-bond donors (Lipinski definition) is 1. The van der Waals surface area contributed by atoms with Gasteiger partial charge < -0.3 is 19.1 Å². The van der Waals surface area contributed by atoms with Crippen LogP contribution in [0.1, 0.15) is 60.1 Å². The van der Waals surface area contributed by atoms with Gasteiger partial charge in [-0.3, -0.25) is 24.8 Å². The van der Waals surface area contributed by atoms with Crippen molar-refractivity contribution in [2.75, 3.05) is 56.1 Å². The van der Waals surface area contributed by atoms with Gasteiger partial charge in [0.1, 0.15) is 11.6 Å². The number of hydrogen-bond acceptors (Lipinski definition) is 8. The van der Waals surface area contributed by atoms with Crippen molar-refractivity contribution in [2.24, 2.45) is 18.4 Å². The monoisotopic (exact) mass is 763 g/mol. The van der Waals surface area contributed by atoms with Gasteiger partial charge in [-0.25, -0.2) is 18.4 Å². The molecule has 0 saturated carbocycles. The van der Waals surface area contributed by atoms with Crippen molar-refractivity contribution in [1.82, 2.24) is 34.1 Å². The zero-order valence-corrected chi connectivity index (χ0v) is 31.9. The number of nitrogens with one attached hydrogen (secondary N) is 1. The highest BCUT2D eigenvalue weighted by molar-refractivity contribution is 6.04. The van der Waals surface area contributed by atoms with E-state index in [2.05, 4.69) is 38.1 Å². The third kappa shape index (κ3) is 7.10. The molecule has 2 bridgehead atoms. The van der Waals surface area contributed by atoms with Crippen LogP contribution in [0, 0.1) is 29.9 Å². The predicted octanol–water partition coefficient (Wildman–Crippen LogP) is 6.18. The van der Waals surface area contributed by atoms with Crippen LogP contribution in [0.3, 0.4) is 0 Å². The third-order valence-electron chi connectivity index (χ3n) is 12.1. The Morgan fingerprint density at radius 1 is 0.964 bits per heavy atom. The normalized spacial score (nSPS) is 20.1. The Labute approximate surface area is 324 Å². The van der Waals surface area contributed by atoms with Gasteiger partial charge in [-0.15, -0.1) is 0 Å². The number of amides is 2. The van der Waals surface area contributed by atoms with Gasteiger partial charge in [0.2, 0.25) is 17.7 Å². The van der Waals surface area contributed by atoms with Gasteiger partial charge in [0.25, 0.3) is 5.91 Å². The number of nitrogens with zero attached hydrogens (tertiary/aromatic N) is 8. The smallest absolute Gasteiger partial charge is 0.258 e. The van der Waals surface area contributed by atoms with E-state index in [1.165, 1.54) is 17.7 Å². The molecule has 292 valence electrons. The maximum Gasteiger partial charge on any atom is 0.258 e. The number of carbonyl (C=O) groups is 2. The van der Waals surface area contributed by atoms with E-state index >= 15 is 0 Å². The van der Waals surface area contributed by atoms with E-state index in [9.17, 15) is 18.4 Å². The van der Waals surface area contributed by atoms with E-state index < -0.39 is 11.6 Å². The Morgan fingerprint density at radius 2 is 1.77 bits per heavy atom. The summed E-state index contributed by atoms with van der Waals surface area (Å²) in [4.78, 5) is 43.2. The van der Waals surface area contributed by atoms with Gasteiger partial charge in [-0.1, -0.05) is 6.07 Å². The molecule has 14 heteroatoms. The molecule has 1 N–H and O–H groups in total. The molecule has 3 aromatic heterocycles. The Bertz CT molecular complexity index is 2290. The van der Waals surface area contributed by atoms with Crippen LogP contribution in [0.15, 0.2) is 54.7 Å². The van der Waals surface area contributed by atoms with Crippen LogP contribution in [0.2, 0.25) is 0 Å². The highest BCUT2D eigenvalue weighted by atomic mass is 19.1. The molecule has 5 aromatic rings. The number of likely N-dealkylation sites (tertiary alicyclic amines) is 2. The molecule has 56 heavy (non-hydrogen) atoms. The van der Waals surface area contributed by atoms with Gasteiger partial charge in [-0.05, 0) is 100 Å². The minimum atomic E-state index is -0.600. The molecule has 0 aliphatic carbocycles. The van der Waals surface area contributed by atoms with Crippen molar-refractivity contribution in [1.29, 1.82) is 0 Å². The number of aromatic nitrogens is 5. The first kappa shape index (κ1) is 36.3. The molecule has 0 radical (unpaired) electrons. The molecule has 12 nitrogen and oxygen atoms in total. The SMILES string of the molecule is Cc1cc2cc(n1)-c1cnn(C)c1OCCCCCn1c(nc3ccc(CN4CCC5(CC4)CN(C(=O)C4CCN(c6cc(F)cc(F)c6)C4)C5)cc31)NC2=O. The van der Waals surface area contributed by atoms with Crippen LogP contribution in [-0.2, 0) is 24.9 Å². The van der Waals surface area contributed by atoms with Gasteiger partial charge in [0.05, 0.1) is 41.0 Å². The van der Waals surface area contributed by atoms with E-state index in [1.807, 2.05) is 23.8 Å². The standard InChI is InChI=1S/C42H47F2N9O3/c1-27-16-30-18-36(46-27)34-22-45-49(2)40(34)56-15-5-3-4-11-53-37-17-28(6-7-35(37)47-41(53)48-38(30)54)23-50-13-9-42(10-14-50)25-52(26-42)39(55)29-8-12-51(24-29)33-20-31(43)19-32(44)21-33/h6-7,16-22,29H,3-5,8-15,23-26H2,1-2H3,(H,47,48,54). The van der Waals surface area contributed by atoms with Crippen molar-refractivity contribution in [2.45, 2.75) is 58.5 Å². The molecule has 3 fully saturated rings. The fourth-order valence-corrected chi connectivity index (χ4v) is 9.05. The van der Waals surface area contributed by atoms with Gasteiger partial charge in [-0.2, -0.15) is 5.10 Å². The molecule has 1 unspecified atom stereocenters. The summed E-state index contributed by atoms with van der Waals surface area (Å²) in [5.74, 6) is -0.269. The van der Waals surface area contributed by atoms with Gasteiger partial charge in [0, 0.05) is 74.7 Å². The molecule has 2 aromatic carbocycles. The average Bonchev–Trinajstić information content (AvgIpc) is 3.89. The number of aryl methyl sites for hydroxylation is 3. The van der Waals surface area contributed by atoms with Crippen LogP contribution < -0.4 is 15.0 Å². The average molecular weight is 764 g/mol. The zero-order valence-electron chi connectivity index (χ0n) is 31.9. The molecular formula is C42H47F2N9O3. The van der Waals surface area contributed by atoms with Gasteiger partial charge >= 0.3 is 0 Å². The lowest BCUT2D eigenvalue weighted by atomic mass is 9.71. The number of imidazole rings is 1. The van der Waals surface area contributed by atoms with Crippen LogP contribution in [0.25, 0.3) is 22.3 Å². The van der Waals surface area contributed by atoms with Gasteiger partial charge in [0.15, 0.2) is 0 Å². The van der Waals surface area contributed by atoms with E-state index in [1.54, 1.807) is 23.0 Å². The molecule has 7 heterocycles. The van der Waals surface area contributed by atoms with E-state index in [4.69, 9.17) is 14.7 Å². The summed E-state index contributed by atoms with van der Waals surface area (Å²) in [5.41, 5.74) is 6.28. The van der Waals surface area contributed by atoms with Crippen molar-refractivity contribution >= 4 is 34.5 Å². The lowest BCUT2D eigenvalue weighted by Gasteiger charge is -2.54. The lowest BCUT2D eigenvalue weighted by Crippen LogP contribution is -2.62. The Hall–Kier alpha value is -5.37. The number of rotatable bonds is 4. The summed E-state index contributed by atoms with van der Waals surface area (Å²) < 4.78 is 37.6. The first-order chi connectivity index (χ1) is 27.1. The lowest BCUT2D eigenvalue weighted by molar-refractivity contribution is -0.150. The number of benzene rings is 2. The van der Waals surface area contributed by atoms with Crippen LogP contribution in [0.5, 0.6) is 5.88 Å². The Morgan fingerprint density at radius 3 is 2.57 bits per heavy atom. The molecule has 9 rings (SSSR count). The second kappa shape index (κ2) is 14.6. The summed E-state index contributed by atoms with van der Waals surface area (Å²) in [6.45, 7) is 8.52. The summed E-state index contributed by atoms with van der Waals surface area (Å²) in [7, 11) is 1.85. The maximum atomic E-state index is 13.8. The third-order valence-corrected chi connectivity index (χ3v) is 12.1. The minimum Gasteiger partial charge on any atom is -0.477 e. The first-order valence-electron chi connectivity index (χ1n) is 19.8. The quantitative estimate of drug-likeness (QED) is 0.231. The van der Waals surface area contributed by atoms with Crippen LogP contribution in [-0.4, -0.2) is 91.8 Å². The molecule has 1 spiro atoms. The van der Waals surface area contributed by atoms with Crippen molar-refractivity contribution in [3.8, 4) is 17.1 Å². The van der Waals surface area contributed by atoms with Crippen LogP contribution >= 0.6 is 0 Å². The number of carbonyl (C=O) groups excluding carboxylic acids is 2. The number of halogens is 2. The summed E-state index contributed by atoms with van der Waals surface area (Å²) in [6, 6.07) is 13.5. The van der Waals surface area contributed by atoms with E-state index in [0.717, 1.165) is 93.2 Å². The van der Waals surface area contributed by atoms with Crippen molar-refractivity contribution in [3.63, 3.8) is 0 Å². The molecular weight excluding hydrogens is 717 g/mol. The number of anilines is 2. The maximum absolute atomic E-state index is 13.8. The molecule has 4 aliphatic heterocycles. The Kier molecular flexibility index (Phi) is 9.46. The van der Waals surface area contributed by atoms with Crippen LogP contribution in [0.4, 0.5) is 20.4 Å². The predicted molar refractivity (Wildman–Crippen MR) is 208 cm³/mol. The summed E-state index contributed by atoms with van der Waals surface area (Å²) in [6.07, 6.45) is 7.21. The highest BCUT2D eigenvalue weighted by Crippen LogP contribution is 2.42. The van der Waals surface area contributed by atoms with E-state index in [0.29, 0.717) is 61.4 Å². The topological polar surface area (TPSA) is 114 Å². The largest absolute Gasteiger partial charge is 0.477 e. The fourth-order valence-electron chi connectivity index (χ4n) is 9.05. The molecule has 2 amide bonds. The fraction of sp³-hybridized carbons (Fsp3) is 0.452. The first-order valence-corrected chi connectivity index (χ1v) is 19.8. The summed E-state index contributed by atoms with van der Waals surface area (Å²) in [5, 5.41) is 7.51. The molecule has 1 atom stereocenters. The number of piperidine rings is 1. The second-order valence-corrected chi connectivity index (χ2v) is 16.2. The minimum absolute atomic E-state index is 0.149. The van der Waals surface area contributed by atoms with Crippen molar-refractivity contribution < 1.29 is 23.1 Å². The molecule has 4 aliphatic rings. The number of fused-ring (bicyclic) bond motifs is 7. The molecule has 3 saturated heterocycles. The second-order valence-electron chi connectivity index (χ2n) is 16.2.